The fraction of sp³-hybridized carbons (Fsp3) is 0.769. The molecule has 4 fully saturated rings. The summed E-state index contributed by atoms with van der Waals surface area (Å²) in [6, 6.07) is 0.567. The van der Waals surface area contributed by atoms with Gasteiger partial charge in [0.05, 0.1) is 6.04 Å². The molecule has 0 spiro atoms. The van der Waals surface area contributed by atoms with Crippen molar-refractivity contribution < 1.29 is 0 Å². The summed E-state index contributed by atoms with van der Waals surface area (Å²) in [5, 5.41) is 5.03. The number of hydrogen-bond acceptors (Lipinski definition) is 2. The van der Waals surface area contributed by atoms with E-state index in [0.717, 1.165) is 23.7 Å². The van der Waals surface area contributed by atoms with Gasteiger partial charge in [0.15, 0.2) is 5.82 Å². The highest BCUT2D eigenvalue weighted by molar-refractivity contribution is 6.32. The Labute approximate surface area is 106 Å². The highest BCUT2D eigenvalue weighted by Gasteiger charge is 2.49. The van der Waals surface area contributed by atoms with Gasteiger partial charge in [-0.25, -0.2) is 0 Å². The van der Waals surface area contributed by atoms with Crippen molar-refractivity contribution in [2.45, 2.75) is 38.1 Å². The zero-order valence-electron chi connectivity index (χ0n) is 9.85. The van der Waals surface area contributed by atoms with Crippen molar-refractivity contribution in [2.75, 3.05) is 5.73 Å². The van der Waals surface area contributed by atoms with Crippen LogP contribution in [0.25, 0.3) is 0 Å². The van der Waals surface area contributed by atoms with Crippen molar-refractivity contribution >= 4 is 17.4 Å². The molecule has 4 bridgehead atoms. The maximum atomic E-state index is 6.03. The lowest BCUT2D eigenvalue weighted by molar-refractivity contribution is -0.0335. The molecule has 4 saturated carbocycles. The summed E-state index contributed by atoms with van der Waals surface area (Å²) in [6.45, 7) is 0. The van der Waals surface area contributed by atoms with E-state index in [1.54, 1.807) is 0 Å². The first-order valence-electron chi connectivity index (χ1n) is 6.71. The van der Waals surface area contributed by atoms with Crippen molar-refractivity contribution in [1.82, 2.24) is 9.78 Å². The van der Waals surface area contributed by atoms with Crippen LogP contribution in [0.4, 0.5) is 5.82 Å². The van der Waals surface area contributed by atoms with Crippen LogP contribution in [0.3, 0.4) is 0 Å². The van der Waals surface area contributed by atoms with Gasteiger partial charge in [0.2, 0.25) is 0 Å². The Hall–Kier alpha value is -0.700. The molecule has 0 unspecified atom stereocenters. The smallest absolute Gasteiger partial charge is 0.164 e. The van der Waals surface area contributed by atoms with Gasteiger partial charge in [-0.2, -0.15) is 5.10 Å². The van der Waals surface area contributed by atoms with Gasteiger partial charge in [0.25, 0.3) is 0 Å². The first-order valence-corrected chi connectivity index (χ1v) is 7.08. The van der Waals surface area contributed by atoms with Gasteiger partial charge in [0, 0.05) is 6.20 Å². The van der Waals surface area contributed by atoms with Crippen LogP contribution in [0.1, 0.15) is 38.1 Å². The third-order valence-electron chi connectivity index (χ3n) is 5.20. The van der Waals surface area contributed by atoms with Gasteiger partial charge in [0.1, 0.15) is 5.02 Å². The molecule has 92 valence electrons. The van der Waals surface area contributed by atoms with Gasteiger partial charge in [-0.1, -0.05) is 11.6 Å². The number of nitrogens with two attached hydrogens (primary N) is 1. The molecule has 3 nitrogen and oxygen atoms in total. The van der Waals surface area contributed by atoms with Crippen LogP contribution in [-0.2, 0) is 0 Å². The van der Waals surface area contributed by atoms with E-state index in [4.69, 9.17) is 17.3 Å². The van der Waals surface area contributed by atoms with Crippen LogP contribution in [0.5, 0.6) is 0 Å². The molecular formula is C13H18ClN3. The van der Waals surface area contributed by atoms with Gasteiger partial charge in [-0.05, 0) is 55.8 Å². The summed E-state index contributed by atoms with van der Waals surface area (Å²) in [6.07, 6.45) is 9.01. The Morgan fingerprint density at radius 1 is 1.12 bits per heavy atom. The summed E-state index contributed by atoms with van der Waals surface area (Å²) < 4.78 is 2.07. The first-order chi connectivity index (χ1) is 8.20. The van der Waals surface area contributed by atoms with Crippen LogP contribution in [-0.4, -0.2) is 9.78 Å². The summed E-state index contributed by atoms with van der Waals surface area (Å²) in [4.78, 5) is 0. The van der Waals surface area contributed by atoms with Crippen LogP contribution in [0, 0.1) is 23.7 Å². The topological polar surface area (TPSA) is 43.8 Å². The number of nitrogen functional groups attached to an aromatic ring is 1. The normalized spacial score (nSPS) is 43.2. The second-order valence-corrected chi connectivity index (χ2v) is 6.67. The molecule has 0 radical (unpaired) electrons. The minimum Gasteiger partial charge on any atom is -0.381 e. The standard InChI is InChI=1S/C13H18ClN3/c14-11-6-17(16-13(11)15)12-9-2-7-1-8(4-9)5-10(12)3-7/h6-10,12H,1-5H2,(H2,15,16). The molecule has 1 aromatic rings. The highest BCUT2D eigenvalue weighted by atomic mass is 35.5. The van der Waals surface area contributed by atoms with E-state index in [1.165, 1.54) is 32.1 Å². The molecule has 17 heavy (non-hydrogen) atoms. The van der Waals surface area contributed by atoms with E-state index in [0.29, 0.717) is 16.9 Å². The average molecular weight is 252 g/mol. The molecule has 5 rings (SSSR count). The molecule has 4 aliphatic carbocycles. The summed E-state index contributed by atoms with van der Waals surface area (Å²) in [5.74, 6) is 4.12. The lowest BCUT2D eigenvalue weighted by Gasteiger charge is -2.54. The quantitative estimate of drug-likeness (QED) is 0.834. The first kappa shape index (κ1) is 10.2. The maximum absolute atomic E-state index is 6.03. The monoisotopic (exact) mass is 251 g/mol. The minimum absolute atomic E-state index is 0.487. The molecule has 0 atom stereocenters. The third-order valence-corrected chi connectivity index (χ3v) is 5.49. The lowest BCUT2D eigenvalue weighted by Crippen LogP contribution is -2.46. The largest absolute Gasteiger partial charge is 0.381 e. The molecule has 4 aliphatic rings. The van der Waals surface area contributed by atoms with Crippen molar-refractivity contribution in [3.63, 3.8) is 0 Å². The van der Waals surface area contributed by atoms with Crippen molar-refractivity contribution in [1.29, 1.82) is 0 Å². The van der Waals surface area contributed by atoms with Gasteiger partial charge in [-0.3, -0.25) is 4.68 Å². The number of aromatic nitrogens is 2. The predicted molar refractivity (Wildman–Crippen MR) is 67.7 cm³/mol. The molecule has 1 heterocycles. The van der Waals surface area contributed by atoms with Gasteiger partial charge >= 0.3 is 0 Å². The number of anilines is 1. The molecule has 0 aromatic carbocycles. The molecule has 0 saturated heterocycles. The summed E-state index contributed by atoms with van der Waals surface area (Å²) in [7, 11) is 0. The van der Waals surface area contributed by atoms with E-state index < -0.39 is 0 Å². The van der Waals surface area contributed by atoms with Crippen molar-refractivity contribution in [2.24, 2.45) is 23.7 Å². The predicted octanol–water partition coefficient (Wildman–Crippen LogP) is 3.12. The number of hydrogen-bond donors (Lipinski definition) is 1. The zero-order chi connectivity index (χ0) is 11.6. The van der Waals surface area contributed by atoms with Crippen LogP contribution >= 0.6 is 11.6 Å². The lowest BCUT2D eigenvalue weighted by atomic mass is 9.54. The van der Waals surface area contributed by atoms with E-state index >= 15 is 0 Å². The number of nitrogens with zero attached hydrogens (tertiary/aromatic N) is 2. The second-order valence-electron chi connectivity index (χ2n) is 6.26. The van der Waals surface area contributed by atoms with Gasteiger partial charge < -0.3 is 5.73 Å². The van der Waals surface area contributed by atoms with Crippen LogP contribution in [0.2, 0.25) is 5.02 Å². The molecule has 2 N–H and O–H groups in total. The van der Waals surface area contributed by atoms with Crippen LogP contribution < -0.4 is 5.73 Å². The van der Waals surface area contributed by atoms with E-state index in [9.17, 15) is 0 Å². The van der Waals surface area contributed by atoms with E-state index in [-0.39, 0.29) is 0 Å². The fourth-order valence-corrected chi connectivity index (χ4v) is 5.00. The van der Waals surface area contributed by atoms with E-state index in [1.807, 2.05) is 6.20 Å². The van der Waals surface area contributed by atoms with Crippen molar-refractivity contribution in [3.8, 4) is 0 Å². The Morgan fingerprint density at radius 2 is 1.71 bits per heavy atom. The number of halogens is 1. The van der Waals surface area contributed by atoms with Crippen LogP contribution in [0.15, 0.2) is 6.20 Å². The maximum Gasteiger partial charge on any atom is 0.164 e. The Balaban J connectivity index is 1.70. The Bertz CT molecular complexity index is 406. The second kappa shape index (κ2) is 3.41. The zero-order valence-corrected chi connectivity index (χ0v) is 10.6. The Kier molecular flexibility index (Phi) is 2.05. The molecule has 0 aliphatic heterocycles. The van der Waals surface area contributed by atoms with Gasteiger partial charge in [-0.15, -0.1) is 0 Å². The SMILES string of the molecule is Nc1nn(C2C3CC4CC(C3)CC2C4)cc1Cl. The minimum atomic E-state index is 0.487. The molecule has 0 amide bonds. The fourth-order valence-electron chi connectivity index (χ4n) is 4.86. The molecular weight excluding hydrogens is 234 g/mol. The number of rotatable bonds is 1. The molecule has 4 heteroatoms. The van der Waals surface area contributed by atoms with Crippen molar-refractivity contribution in [3.05, 3.63) is 11.2 Å². The Morgan fingerprint density at radius 3 is 2.18 bits per heavy atom. The third kappa shape index (κ3) is 1.44. The molecule has 1 aromatic heterocycles. The highest BCUT2D eigenvalue weighted by Crippen LogP contribution is 2.58. The average Bonchev–Trinajstić information content (AvgIpc) is 2.57. The summed E-state index contributed by atoms with van der Waals surface area (Å²) in [5.41, 5.74) is 5.77. The van der Waals surface area contributed by atoms with E-state index in [2.05, 4.69) is 9.78 Å². The summed E-state index contributed by atoms with van der Waals surface area (Å²) >= 11 is 6.03.